The molecule has 2 aromatic rings. The second-order valence-corrected chi connectivity index (χ2v) is 6.60. The standard InChI is InChI=1S/C20H24N2O3S/c1-14(2)11-12-25-17-9-7-15(8-10-17)19(23)22-20(26)21-16-5-4-6-18(13-16)24-3/h4-10,13-14H,11-12H2,1-3H3,(H2,21,22,23,26). The van der Waals surface area contributed by atoms with Gasteiger partial charge in [-0.25, -0.2) is 0 Å². The molecule has 1 amide bonds. The summed E-state index contributed by atoms with van der Waals surface area (Å²) in [5.74, 6) is 1.77. The number of nitrogens with one attached hydrogen (secondary N) is 2. The maximum atomic E-state index is 12.3. The first-order valence-electron chi connectivity index (χ1n) is 8.47. The fraction of sp³-hybridized carbons (Fsp3) is 0.300. The van der Waals surface area contributed by atoms with Crippen LogP contribution in [0.4, 0.5) is 5.69 Å². The average Bonchev–Trinajstić information content (AvgIpc) is 2.62. The Labute approximate surface area is 159 Å². The van der Waals surface area contributed by atoms with Crippen LogP contribution in [0.25, 0.3) is 0 Å². The van der Waals surface area contributed by atoms with Gasteiger partial charge in [0.05, 0.1) is 13.7 Å². The molecule has 0 spiro atoms. The molecule has 0 atom stereocenters. The van der Waals surface area contributed by atoms with E-state index in [0.717, 1.165) is 17.9 Å². The lowest BCUT2D eigenvalue weighted by Crippen LogP contribution is -2.34. The smallest absolute Gasteiger partial charge is 0.257 e. The van der Waals surface area contributed by atoms with Crippen LogP contribution < -0.4 is 20.1 Å². The van der Waals surface area contributed by atoms with E-state index in [1.54, 1.807) is 37.4 Å². The molecule has 0 fully saturated rings. The van der Waals surface area contributed by atoms with Gasteiger partial charge in [0.1, 0.15) is 11.5 Å². The number of carbonyl (C=O) groups is 1. The van der Waals surface area contributed by atoms with Crippen LogP contribution in [0.5, 0.6) is 11.5 Å². The van der Waals surface area contributed by atoms with Gasteiger partial charge in [0.15, 0.2) is 5.11 Å². The Morgan fingerprint density at radius 2 is 1.85 bits per heavy atom. The van der Waals surface area contributed by atoms with E-state index < -0.39 is 0 Å². The van der Waals surface area contributed by atoms with E-state index in [4.69, 9.17) is 21.7 Å². The lowest BCUT2D eigenvalue weighted by Gasteiger charge is -2.11. The number of rotatable bonds is 7. The van der Waals surface area contributed by atoms with Gasteiger partial charge in [-0.15, -0.1) is 0 Å². The van der Waals surface area contributed by atoms with Gasteiger partial charge < -0.3 is 14.8 Å². The van der Waals surface area contributed by atoms with Crippen molar-refractivity contribution in [1.82, 2.24) is 5.32 Å². The second kappa shape index (κ2) is 9.77. The predicted molar refractivity (Wildman–Crippen MR) is 108 cm³/mol. The molecular weight excluding hydrogens is 348 g/mol. The highest BCUT2D eigenvalue weighted by Gasteiger charge is 2.09. The van der Waals surface area contributed by atoms with Crippen molar-refractivity contribution in [1.29, 1.82) is 0 Å². The summed E-state index contributed by atoms with van der Waals surface area (Å²) in [5.41, 5.74) is 1.25. The van der Waals surface area contributed by atoms with Crippen molar-refractivity contribution in [3.8, 4) is 11.5 Å². The molecule has 6 heteroatoms. The van der Waals surface area contributed by atoms with E-state index in [2.05, 4.69) is 24.5 Å². The zero-order chi connectivity index (χ0) is 18.9. The number of anilines is 1. The van der Waals surface area contributed by atoms with Crippen molar-refractivity contribution < 1.29 is 14.3 Å². The first-order chi connectivity index (χ1) is 12.5. The molecule has 26 heavy (non-hydrogen) atoms. The van der Waals surface area contributed by atoms with Crippen molar-refractivity contribution in [2.75, 3.05) is 19.0 Å². The fourth-order valence-electron chi connectivity index (χ4n) is 2.15. The molecule has 0 aliphatic heterocycles. The Kier molecular flexibility index (Phi) is 7.41. The lowest BCUT2D eigenvalue weighted by molar-refractivity contribution is 0.0977. The van der Waals surface area contributed by atoms with Crippen molar-refractivity contribution in [3.05, 3.63) is 54.1 Å². The van der Waals surface area contributed by atoms with E-state index in [1.165, 1.54) is 0 Å². The van der Waals surface area contributed by atoms with Gasteiger partial charge in [-0.1, -0.05) is 19.9 Å². The number of methoxy groups -OCH3 is 1. The molecule has 2 aromatic carbocycles. The third kappa shape index (κ3) is 6.37. The van der Waals surface area contributed by atoms with Crippen LogP contribution in [-0.2, 0) is 0 Å². The average molecular weight is 372 g/mol. The third-order valence-electron chi connectivity index (χ3n) is 3.64. The van der Waals surface area contributed by atoms with Gasteiger partial charge in [-0.05, 0) is 61.0 Å². The SMILES string of the molecule is COc1cccc(NC(=S)NC(=O)c2ccc(OCCC(C)C)cc2)c1. The van der Waals surface area contributed by atoms with Crippen molar-refractivity contribution >= 4 is 28.9 Å². The molecule has 0 aromatic heterocycles. The van der Waals surface area contributed by atoms with E-state index in [-0.39, 0.29) is 11.0 Å². The number of hydrogen-bond acceptors (Lipinski definition) is 4. The summed E-state index contributed by atoms with van der Waals surface area (Å²) in [4.78, 5) is 12.3. The minimum atomic E-state index is -0.279. The zero-order valence-electron chi connectivity index (χ0n) is 15.2. The molecule has 0 saturated heterocycles. The summed E-state index contributed by atoms with van der Waals surface area (Å²) in [6.07, 6.45) is 0.993. The van der Waals surface area contributed by atoms with Crippen LogP contribution in [0.2, 0.25) is 0 Å². The van der Waals surface area contributed by atoms with Crippen LogP contribution in [0.1, 0.15) is 30.6 Å². The monoisotopic (exact) mass is 372 g/mol. The molecule has 0 unspecified atom stereocenters. The van der Waals surface area contributed by atoms with Gasteiger partial charge >= 0.3 is 0 Å². The van der Waals surface area contributed by atoms with Crippen molar-refractivity contribution in [2.24, 2.45) is 5.92 Å². The van der Waals surface area contributed by atoms with Crippen LogP contribution in [0, 0.1) is 5.92 Å². The molecule has 0 heterocycles. The summed E-state index contributed by atoms with van der Waals surface area (Å²) in [6, 6.07) is 14.3. The van der Waals surface area contributed by atoms with Crippen molar-refractivity contribution in [2.45, 2.75) is 20.3 Å². The number of carbonyl (C=O) groups excluding carboxylic acids is 1. The molecule has 0 aliphatic rings. The molecule has 0 radical (unpaired) electrons. The molecule has 138 valence electrons. The van der Waals surface area contributed by atoms with E-state index in [1.807, 2.05) is 18.2 Å². The molecular formula is C20H24N2O3S. The van der Waals surface area contributed by atoms with Crippen LogP contribution >= 0.6 is 12.2 Å². The summed E-state index contributed by atoms with van der Waals surface area (Å²) >= 11 is 5.19. The normalized spacial score (nSPS) is 10.3. The molecule has 2 N–H and O–H groups in total. The summed E-state index contributed by atoms with van der Waals surface area (Å²) in [7, 11) is 1.59. The lowest BCUT2D eigenvalue weighted by atomic mass is 10.1. The van der Waals surface area contributed by atoms with Crippen LogP contribution in [0.15, 0.2) is 48.5 Å². The minimum absolute atomic E-state index is 0.223. The highest BCUT2D eigenvalue weighted by atomic mass is 32.1. The van der Waals surface area contributed by atoms with Crippen LogP contribution in [-0.4, -0.2) is 24.7 Å². The maximum Gasteiger partial charge on any atom is 0.257 e. The van der Waals surface area contributed by atoms with E-state index in [9.17, 15) is 4.79 Å². The number of hydrogen-bond donors (Lipinski definition) is 2. The Morgan fingerprint density at radius 3 is 2.50 bits per heavy atom. The number of ether oxygens (including phenoxy) is 2. The summed E-state index contributed by atoms with van der Waals surface area (Å²) in [6.45, 7) is 4.97. The highest BCUT2D eigenvalue weighted by molar-refractivity contribution is 7.80. The fourth-order valence-corrected chi connectivity index (χ4v) is 2.36. The molecule has 0 bridgehead atoms. The van der Waals surface area contributed by atoms with Gasteiger partial charge in [0, 0.05) is 17.3 Å². The topological polar surface area (TPSA) is 59.6 Å². The maximum absolute atomic E-state index is 12.3. The van der Waals surface area contributed by atoms with Gasteiger partial charge in [0.25, 0.3) is 5.91 Å². The van der Waals surface area contributed by atoms with Gasteiger partial charge in [0.2, 0.25) is 0 Å². The highest BCUT2D eigenvalue weighted by Crippen LogP contribution is 2.17. The largest absolute Gasteiger partial charge is 0.497 e. The van der Waals surface area contributed by atoms with E-state index in [0.29, 0.717) is 23.8 Å². The number of amides is 1. The first-order valence-corrected chi connectivity index (χ1v) is 8.88. The summed E-state index contributed by atoms with van der Waals surface area (Å²) in [5, 5.41) is 5.84. The minimum Gasteiger partial charge on any atom is -0.497 e. The first kappa shape index (κ1) is 19.7. The molecule has 0 aliphatic carbocycles. The Balaban J connectivity index is 1.87. The number of thiocarbonyl (C=S) groups is 1. The number of benzene rings is 2. The summed E-state index contributed by atoms with van der Waals surface area (Å²) < 4.78 is 10.8. The Morgan fingerprint density at radius 1 is 1.12 bits per heavy atom. The zero-order valence-corrected chi connectivity index (χ0v) is 16.1. The predicted octanol–water partition coefficient (Wildman–Crippen LogP) is 4.25. The molecule has 2 rings (SSSR count). The second-order valence-electron chi connectivity index (χ2n) is 6.20. The molecule has 0 saturated carbocycles. The third-order valence-corrected chi connectivity index (χ3v) is 3.84. The van der Waals surface area contributed by atoms with E-state index >= 15 is 0 Å². The van der Waals surface area contributed by atoms with Gasteiger partial charge in [-0.2, -0.15) is 0 Å². The molecule has 5 nitrogen and oxygen atoms in total. The van der Waals surface area contributed by atoms with Crippen LogP contribution in [0.3, 0.4) is 0 Å². The van der Waals surface area contributed by atoms with Gasteiger partial charge in [-0.3, -0.25) is 10.1 Å². The quantitative estimate of drug-likeness (QED) is 0.712. The Bertz CT molecular complexity index is 745. The van der Waals surface area contributed by atoms with Crippen molar-refractivity contribution in [3.63, 3.8) is 0 Å². The Hall–Kier alpha value is -2.60.